The number of anilines is 1. The number of β-lactam (4-membered cyclic amide) rings is 1. The topological polar surface area (TPSA) is 57.6 Å². The number of rotatable bonds is 2. The minimum atomic E-state index is -1.10. The third-order valence-corrected chi connectivity index (χ3v) is 2.82. The van der Waals surface area contributed by atoms with Crippen molar-refractivity contribution in [3.05, 3.63) is 28.2 Å². The average molecular weight is 260 g/mol. The molecule has 1 aromatic carbocycles. The van der Waals surface area contributed by atoms with Gasteiger partial charge in [-0.2, -0.15) is 0 Å². The molecular formula is C10H7Cl2NO3. The van der Waals surface area contributed by atoms with Crippen molar-refractivity contribution in [2.75, 3.05) is 11.4 Å². The van der Waals surface area contributed by atoms with E-state index in [1.165, 1.54) is 4.90 Å². The summed E-state index contributed by atoms with van der Waals surface area (Å²) in [6.45, 7) is 0.158. The van der Waals surface area contributed by atoms with Gasteiger partial charge in [-0.25, -0.2) is 0 Å². The number of carbonyl (C=O) groups excluding carboxylic acids is 1. The third kappa shape index (κ3) is 1.86. The Labute approximate surface area is 101 Å². The van der Waals surface area contributed by atoms with E-state index >= 15 is 0 Å². The maximum atomic E-state index is 11.5. The Morgan fingerprint density at radius 2 is 1.88 bits per heavy atom. The number of nitrogens with zero attached hydrogens (tertiary/aromatic N) is 1. The number of aliphatic carboxylic acids is 1. The zero-order valence-electron chi connectivity index (χ0n) is 7.98. The normalized spacial score (nSPS) is 19.5. The molecule has 0 spiro atoms. The monoisotopic (exact) mass is 259 g/mol. The summed E-state index contributed by atoms with van der Waals surface area (Å²) >= 11 is 11.6. The highest BCUT2D eigenvalue weighted by Gasteiger charge is 2.42. The predicted octanol–water partition coefficient (Wildman–Crippen LogP) is 2.04. The molecule has 4 nitrogen and oxygen atoms in total. The van der Waals surface area contributed by atoms with Crippen molar-refractivity contribution in [3.63, 3.8) is 0 Å². The Bertz CT molecular complexity index is 455. The summed E-state index contributed by atoms with van der Waals surface area (Å²) in [5.74, 6) is -2.49. The van der Waals surface area contributed by atoms with Gasteiger partial charge >= 0.3 is 5.97 Å². The molecule has 0 aromatic heterocycles. The number of hydrogen-bond donors (Lipinski definition) is 1. The van der Waals surface area contributed by atoms with E-state index < -0.39 is 17.8 Å². The smallest absolute Gasteiger partial charge is 0.317 e. The van der Waals surface area contributed by atoms with E-state index in [0.29, 0.717) is 15.7 Å². The van der Waals surface area contributed by atoms with Crippen molar-refractivity contribution in [2.45, 2.75) is 0 Å². The number of carboxylic acids is 1. The van der Waals surface area contributed by atoms with E-state index in [4.69, 9.17) is 28.3 Å². The van der Waals surface area contributed by atoms with Crippen LogP contribution >= 0.6 is 23.2 Å². The van der Waals surface area contributed by atoms with Gasteiger partial charge < -0.3 is 10.0 Å². The van der Waals surface area contributed by atoms with Crippen LogP contribution in [0.4, 0.5) is 5.69 Å². The van der Waals surface area contributed by atoms with Gasteiger partial charge in [0.25, 0.3) is 0 Å². The fourth-order valence-corrected chi connectivity index (χ4v) is 2.05. The zero-order chi connectivity index (χ0) is 11.9. The van der Waals surface area contributed by atoms with Gasteiger partial charge in [0.05, 0.1) is 0 Å². The predicted molar refractivity (Wildman–Crippen MR) is 59.9 cm³/mol. The van der Waals surface area contributed by atoms with E-state index in [-0.39, 0.29) is 6.54 Å². The summed E-state index contributed by atoms with van der Waals surface area (Å²) in [4.78, 5) is 23.4. The second-order valence-electron chi connectivity index (χ2n) is 3.47. The SMILES string of the molecule is O=C(O)C1CN(c2cc(Cl)cc(Cl)c2)C1=O. The first-order valence-corrected chi connectivity index (χ1v) is 5.25. The first-order chi connectivity index (χ1) is 7.49. The van der Waals surface area contributed by atoms with Crippen LogP contribution in [-0.4, -0.2) is 23.5 Å². The number of carboxylic acid groups (broad SMARTS) is 1. The molecule has 0 bridgehead atoms. The highest BCUT2D eigenvalue weighted by Crippen LogP contribution is 2.31. The molecule has 1 aliphatic rings. The van der Waals surface area contributed by atoms with Crippen LogP contribution in [0.5, 0.6) is 0 Å². The van der Waals surface area contributed by atoms with E-state index in [1.54, 1.807) is 18.2 Å². The van der Waals surface area contributed by atoms with E-state index in [1.807, 2.05) is 0 Å². The van der Waals surface area contributed by atoms with Crippen LogP contribution in [0.15, 0.2) is 18.2 Å². The first kappa shape index (κ1) is 11.2. The lowest BCUT2D eigenvalue weighted by molar-refractivity contribution is -0.149. The van der Waals surface area contributed by atoms with Crippen LogP contribution in [0.3, 0.4) is 0 Å². The molecule has 1 saturated heterocycles. The largest absolute Gasteiger partial charge is 0.481 e. The summed E-state index contributed by atoms with van der Waals surface area (Å²) < 4.78 is 0. The summed E-state index contributed by atoms with van der Waals surface area (Å²) in [5.41, 5.74) is 0.528. The van der Waals surface area contributed by atoms with Gasteiger partial charge in [0, 0.05) is 22.3 Å². The van der Waals surface area contributed by atoms with Gasteiger partial charge in [0.2, 0.25) is 5.91 Å². The quantitative estimate of drug-likeness (QED) is 0.653. The number of hydrogen-bond acceptors (Lipinski definition) is 2. The molecule has 1 fully saturated rings. The summed E-state index contributed by atoms with van der Waals surface area (Å²) in [6, 6.07) is 4.69. The lowest BCUT2D eigenvalue weighted by Crippen LogP contribution is -2.56. The number of amides is 1. The van der Waals surface area contributed by atoms with Crippen molar-refractivity contribution < 1.29 is 14.7 Å². The standard InChI is InChI=1S/C10H7Cl2NO3/c11-5-1-6(12)3-7(2-5)13-4-8(9(13)14)10(15)16/h1-3,8H,4H2,(H,15,16). The molecule has 16 heavy (non-hydrogen) atoms. The van der Waals surface area contributed by atoms with Gasteiger partial charge in [0.15, 0.2) is 5.92 Å². The van der Waals surface area contributed by atoms with E-state index in [0.717, 1.165) is 0 Å². The van der Waals surface area contributed by atoms with Crippen LogP contribution in [0.2, 0.25) is 10.0 Å². The maximum absolute atomic E-state index is 11.5. The van der Waals surface area contributed by atoms with Crippen molar-refractivity contribution in [1.29, 1.82) is 0 Å². The molecule has 1 heterocycles. The second-order valence-corrected chi connectivity index (χ2v) is 4.34. The van der Waals surface area contributed by atoms with Crippen molar-refractivity contribution in [1.82, 2.24) is 0 Å². The highest BCUT2D eigenvalue weighted by molar-refractivity contribution is 6.35. The van der Waals surface area contributed by atoms with Crippen molar-refractivity contribution in [3.8, 4) is 0 Å². The molecule has 1 amide bonds. The van der Waals surface area contributed by atoms with Crippen molar-refractivity contribution >= 4 is 40.8 Å². The van der Waals surface area contributed by atoms with Gasteiger partial charge in [-0.05, 0) is 18.2 Å². The molecule has 0 radical (unpaired) electrons. The minimum absolute atomic E-state index is 0.158. The molecule has 0 saturated carbocycles. The lowest BCUT2D eigenvalue weighted by Gasteiger charge is -2.36. The van der Waals surface area contributed by atoms with Gasteiger partial charge in [-0.1, -0.05) is 23.2 Å². The fraction of sp³-hybridized carbons (Fsp3) is 0.200. The van der Waals surface area contributed by atoms with Crippen LogP contribution in [-0.2, 0) is 9.59 Å². The highest BCUT2D eigenvalue weighted by atomic mass is 35.5. The number of benzene rings is 1. The molecule has 6 heteroatoms. The number of carbonyl (C=O) groups is 2. The molecule has 1 aliphatic heterocycles. The first-order valence-electron chi connectivity index (χ1n) is 4.49. The van der Waals surface area contributed by atoms with Crippen LogP contribution in [0, 0.1) is 5.92 Å². The summed E-state index contributed by atoms with van der Waals surface area (Å²) in [5, 5.41) is 9.50. The van der Waals surface area contributed by atoms with Crippen LogP contribution in [0.1, 0.15) is 0 Å². The Hall–Kier alpha value is -1.26. The maximum Gasteiger partial charge on any atom is 0.317 e. The van der Waals surface area contributed by atoms with Crippen LogP contribution in [0.25, 0.3) is 0 Å². The van der Waals surface area contributed by atoms with Gasteiger partial charge in [0.1, 0.15) is 0 Å². The Balaban J connectivity index is 2.22. The van der Waals surface area contributed by atoms with E-state index in [2.05, 4.69) is 0 Å². The summed E-state index contributed by atoms with van der Waals surface area (Å²) in [6.07, 6.45) is 0. The van der Waals surface area contributed by atoms with Crippen molar-refractivity contribution in [2.24, 2.45) is 5.92 Å². The molecule has 1 atom stereocenters. The minimum Gasteiger partial charge on any atom is -0.481 e. The average Bonchev–Trinajstić information content (AvgIpc) is 2.13. The molecular weight excluding hydrogens is 253 g/mol. The van der Waals surface area contributed by atoms with Gasteiger partial charge in [-0.15, -0.1) is 0 Å². The number of halogens is 2. The van der Waals surface area contributed by atoms with E-state index in [9.17, 15) is 9.59 Å². The Morgan fingerprint density at radius 1 is 1.31 bits per heavy atom. The molecule has 2 rings (SSSR count). The van der Waals surface area contributed by atoms with Gasteiger partial charge in [-0.3, -0.25) is 9.59 Å². The molecule has 1 N–H and O–H groups in total. The molecule has 1 aromatic rings. The summed E-state index contributed by atoms with van der Waals surface area (Å²) in [7, 11) is 0. The fourth-order valence-electron chi connectivity index (χ4n) is 1.54. The molecule has 0 aliphatic carbocycles. The lowest BCUT2D eigenvalue weighted by atomic mass is 9.98. The molecule has 1 unspecified atom stereocenters. The zero-order valence-corrected chi connectivity index (χ0v) is 9.50. The van der Waals surface area contributed by atoms with Crippen LogP contribution < -0.4 is 4.90 Å². The third-order valence-electron chi connectivity index (χ3n) is 2.39. The molecule has 84 valence electrons. The Morgan fingerprint density at radius 3 is 2.31 bits per heavy atom. The second kappa shape index (κ2) is 3.96. The Kier molecular flexibility index (Phi) is 2.78.